The van der Waals surface area contributed by atoms with Gasteiger partial charge in [0.2, 0.25) is 0 Å². The first-order chi connectivity index (χ1) is 8.08. The molecule has 0 radical (unpaired) electrons. The Kier molecular flexibility index (Phi) is 5.44. The molecule has 1 aromatic rings. The average Bonchev–Trinajstić information content (AvgIpc) is 2.68. The first-order valence-corrected chi connectivity index (χ1v) is 6.56. The normalized spacial score (nSPS) is 12.2. The van der Waals surface area contributed by atoms with E-state index in [9.17, 15) is 4.79 Å². The molecule has 1 amide bonds. The summed E-state index contributed by atoms with van der Waals surface area (Å²) in [7, 11) is 1.58. The number of thiophene rings is 1. The Bertz CT molecular complexity index is 377. The van der Waals surface area contributed by atoms with Crippen LogP contribution in [0.25, 0.3) is 0 Å². The fourth-order valence-electron chi connectivity index (χ4n) is 1.55. The lowest BCUT2D eigenvalue weighted by Gasteiger charge is -2.13. The third kappa shape index (κ3) is 4.02. The van der Waals surface area contributed by atoms with Crippen LogP contribution in [0.15, 0.2) is 6.07 Å². The lowest BCUT2D eigenvalue weighted by atomic mass is 10.3. The summed E-state index contributed by atoms with van der Waals surface area (Å²) in [4.78, 5) is 13.7. The largest absolute Gasteiger partial charge is 0.495 e. The number of carbonyl (C=O) groups is 1. The van der Waals surface area contributed by atoms with Gasteiger partial charge in [-0.1, -0.05) is 6.92 Å². The van der Waals surface area contributed by atoms with Crippen LogP contribution in [0.2, 0.25) is 0 Å². The molecule has 2 N–H and O–H groups in total. The van der Waals surface area contributed by atoms with Crippen molar-refractivity contribution in [3.63, 3.8) is 0 Å². The van der Waals surface area contributed by atoms with Gasteiger partial charge in [-0.25, -0.2) is 0 Å². The minimum atomic E-state index is -0.0651. The van der Waals surface area contributed by atoms with E-state index < -0.39 is 0 Å². The molecule has 4 nitrogen and oxygen atoms in total. The Morgan fingerprint density at radius 2 is 2.29 bits per heavy atom. The first-order valence-electron chi connectivity index (χ1n) is 5.74. The standard InChI is InChI=1S/C12H20N2O2S/c1-5-13-8(2)7-14-12(15)11-10(16-4)6-9(3)17-11/h6,8,13H,5,7H2,1-4H3,(H,14,15)/t8-/m1/s1. The molecule has 0 aliphatic carbocycles. The molecule has 0 spiro atoms. The maximum absolute atomic E-state index is 11.9. The van der Waals surface area contributed by atoms with Gasteiger partial charge in [-0.3, -0.25) is 4.79 Å². The number of rotatable bonds is 6. The second kappa shape index (κ2) is 6.61. The number of likely N-dealkylation sites (N-methyl/N-ethyl adjacent to an activating group) is 1. The third-order valence-electron chi connectivity index (χ3n) is 2.37. The predicted octanol–water partition coefficient (Wildman–Crippen LogP) is 1.79. The Balaban J connectivity index is 2.57. The van der Waals surface area contributed by atoms with Crippen LogP contribution in [0.5, 0.6) is 5.75 Å². The second-order valence-electron chi connectivity index (χ2n) is 3.92. The Hall–Kier alpha value is -1.07. The zero-order valence-corrected chi connectivity index (χ0v) is 11.6. The van der Waals surface area contributed by atoms with E-state index in [2.05, 4.69) is 10.6 Å². The lowest BCUT2D eigenvalue weighted by Crippen LogP contribution is -2.38. The molecule has 1 rings (SSSR count). The van der Waals surface area contributed by atoms with Crippen LogP contribution >= 0.6 is 11.3 Å². The maximum Gasteiger partial charge on any atom is 0.265 e. The molecular weight excluding hydrogens is 236 g/mol. The van der Waals surface area contributed by atoms with E-state index in [1.54, 1.807) is 7.11 Å². The van der Waals surface area contributed by atoms with Crippen molar-refractivity contribution in [2.24, 2.45) is 0 Å². The van der Waals surface area contributed by atoms with Crippen molar-refractivity contribution in [1.29, 1.82) is 0 Å². The van der Waals surface area contributed by atoms with Crippen LogP contribution in [-0.4, -0.2) is 32.1 Å². The molecule has 0 saturated heterocycles. The van der Waals surface area contributed by atoms with Gasteiger partial charge in [-0.2, -0.15) is 0 Å². The van der Waals surface area contributed by atoms with Crippen molar-refractivity contribution < 1.29 is 9.53 Å². The molecule has 1 atom stereocenters. The molecule has 96 valence electrons. The van der Waals surface area contributed by atoms with Crippen LogP contribution in [0, 0.1) is 6.92 Å². The Labute approximate surface area is 106 Å². The maximum atomic E-state index is 11.9. The minimum absolute atomic E-state index is 0.0651. The van der Waals surface area contributed by atoms with Gasteiger partial charge in [0.1, 0.15) is 10.6 Å². The highest BCUT2D eigenvalue weighted by atomic mass is 32.1. The summed E-state index contributed by atoms with van der Waals surface area (Å²) >= 11 is 1.45. The Morgan fingerprint density at radius 1 is 1.59 bits per heavy atom. The molecule has 1 heterocycles. The fraction of sp³-hybridized carbons (Fsp3) is 0.583. The highest BCUT2D eigenvalue weighted by Crippen LogP contribution is 2.28. The van der Waals surface area contributed by atoms with Gasteiger partial charge in [0.05, 0.1) is 7.11 Å². The molecule has 0 aromatic carbocycles. The fourth-order valence-corrected chi connectivity index (χ4v) is 2.44. The van der Waals surface area contributed by atoms with E-state index in [0.29, 0.717) is 17.2 Å². The number of aryl methyl sites for hydroxylation is 1. The molecule has 17 heavy (non-hydrogen) atoms. The van der Waals surface area contributed by atoms with Crippen molar-refractivity contribution in [2.75, 3.05) is 20.2 Å². The van der Waals surface area contributed by atoms with Gasteiger partial charge < -0.3 is 15.4 Å². The number of ether oxygens (including phenoxy) is 1. The zero-order chi connectivity index (χ0) is 12.8. The van der Waals surface area contributed by atoms with Gasteiger partial charge >= 0.3 is 0 Å². The summed E-state index contributed by atoms with van der Waals surface area (Å²) in [6, 6.07) is 2.16. The number of carbonyl (C=O) groups excluding carboxylic acids is 1. The average molecular weight is 256 g/mol. The molecule has 0 aliphatic rings. The highest BCUT2D eigenvalue weighted by molar-refractivity contribution is 7.14. The van der Waals surface area contributed by atoms with E-state index in [1.807, 2.05) is 26.8 Å². The number of hydrogen-bond donors (Lipinski definition) is 2. The summed E-state index contributed by atoms with van der Waals surface area (Å²) in [6.45, 7) is 7.57. The summed E-state index contributed by atoms with van der Waals surface area (Å²) in [5, 5.41) is 6.14. The zero-order valence-electron chi connectivity index (χ0n) is 10.8. The SMILES string of the molecule is CCN[C@H](C)CNC(=O)c1sc(C)cc1OC. The van der Waals surface area contributed by atoms with Crippen LogP contribution in [-0.2, 0) is 0 Å². The van der Waals surface area contributed by atoms with Crippen molar-refractivity contribution >= 4 is 17.2 Å². The summed E-state index contributed by atoms with van der Waals surface area (Å²) < 4.78 is 5.18. The highest BCUT2D eigenvalue weighted by Gasteiger charge is 2.15. The number of amides is 1. The lowest BCUT2D eigenvalue weighted by molar-refractivity contribution is 0.0951. The van der Waals surface area contributed by atoms with Crippen LogP contribution in [0.3, 0.4) is 0 Å². The topological polar surface area (TPSA) is 50.4 Å². The summed E-state index contributed by atoms with van der Waals surface area (Å²) in [5.74, 6) is 0.589. The Morgan fingerprint density at radius 3 is 2.88 bits per heavy atom. The molecule has 1 aromatic heterocycles. The summed E-state index contributed by atoms with van der Waals surface area (Å²) in [6.07, 6.45) is 0. The molecular formula is C12H20N2O2S. The smallest absolute Gasteiger partial charge is 0.265 e. The monoisotopic (exact) mass is 256 g/mol. The number of nitrogens with one attached hydrogen (secondary N) is 2. The predicted molar refractivity (Wildman–Crippen MR) is 71.1 cm³/mol. The first kappa shape index (κ1) is 14.0. The summed E-state index contributed by atoms with van der Waals surface area (Å²) in [5.41, 5.74) is 0. The molecule has 0 unspecified atom stereocenters. The van der Waals surface area contributed by atoms with Gasteiger partial charge in [-0.15, -0.1) is 11.3 Å². The third-order valence-corrected chi connectivity index (χ3v) is 3.40. The van der Waals surface area contributed by atoms with Crippen molar-refractivity contribution in [3.8, 4) is 5.75 Å². The van der Waals surface area contributed by atoms with E-state index in [0.717, 1.165) is 11.4 Å². The van der Waals surface area contributed by atoms with Crippen molar-refractivity contribution in [3.05, 3.63) is 15.8 Å². The number of hydrogen-bond acceptors (Lipinski definition) is 4. The van der Waals surface area contributed by atoms with Gasteiger partial charge in [0.25, 0.3) is 5.91 Å². The number of methoxy groups -OCH3 is 1. The van der Waals surface area contributed by atoms with Crippen molar-refractivity contribution in [1.82, 2.24) is 10.6 Å². The minimum Gasteiger partial charge on any atom is -0.495 e. The van der Waals surface area contributed by atoms with Gasteiger partial charge in [0, 0.05) is 17.5 Å². The molecule has 0 fully saturated rings. The molecule has 5 heteroatoms. The van der Waals surface area contributed by atoms with Gasteiger partial charge in [-0.05, 0) is 26.5 Å². The van der Waals surface area contributed by atoms with E-state index >= 15 is 0 Å². The molecule has 0 saturated carbocycles. The van der Waals surface area contributed by atoms with Crippen LogP contribution < -0.4 is 15.4 Å². The van der Waals surface area contributed by atoms with Crippen molar-refractivity contribution in [2.45, 2.75) is 26.8 Å². The van der Waals surface area contributed by atoms with E-state index in [-0.39, 0.29) is 11.9 Å². The van der Waals surface area contributed by atoms with Crippen LogP contribution in [0.4, 0.5) is 0 Å². The molecule has 0 bridgehead atoms. The molecule has 0 aliphatic heterocycles. The second-order valence-corrected chi connectivity index (χ2v) is 5.18. The quantitative estimate of drug-likeness (QED) is 0.816. The van der Waals surface area contributed by atoms with E-state index in [4.69, 9.17) is 4.74 Å². The van der Waals surface area contributed by atoms with Gasteiger partial charge in [0.15, 0.2) is 0 Å². The van der Waals surface area contributed by atoms with E-state index in [1.165, 1.54) is 11.3 Å². The van der Waals surface area contributed by atoms with Crippen LogP contribution in [0.1, 0.15) is 28.4 Å².